The summed E-state index contributed by atoms with van der Waals surface area (Å²) >= 11 is 0. The van der Waals surface area contributed by atoms with E-state index < -0.39 is 0 Å². The number of halogens is 1. The SMILES string of the molecule is CCCCCCCCCCCCCOc1c(OCC)ccc2c(CC)c3[n+](cc12)CCc1cc(OCC)c(OCC)cc1-3.[Cl-]. The first kappa shape index (κ1) is 35.8. The highest BCUT2D eigenvalue weighted by molar-refractivity contribution is 5.95. The number of rotatable bonds is 20. The third-order valence-corrected chi connectivity index (χ3v) is 8.64. The van der Waals surface area contributed by atoms with Gasteiger partial charge in [0.25, 0.3) is 0 Å². The van der Waals surface area contributed by atoms with Crippen molar-refractivity contribution in [2.24, 2.45) is 0 Å². The zero-order valence-electron chi connectivity index (χ0n) is 28.1. The molecule has 1 aliphatic rings. The second-order valence-corrected chi connectivity index (χ2v) is 11.7. The van der Waals surface area contributed by atoms with Gasteiger partial charge in [-0.05, 0) is 63.4 Å². The van der Waals surface area contributed by atoms with Crippen LogP contribution in [0.3, 0.4) is 0 Å². The molecule has 0 aliphatic carbocycles. The van der Waals surface area contributed by atoms with Crippen LogP contribution in [0, 0.1) is 0 Å². The summed E-state index contributed by atoms with van der Waals surface area (Å²) in [6.45, 7) is 14.1. The second kappa shape index (κ2) is 19.0. The van der Waals surface area contributed by atoms with Crippen LogP contribution in [0.4, 0.5) is 0 Å². The fourth-order valence-electron chi connectivity index (χ4n) is 6.51. The Balaban J connectivity index is 0.00000529. The lowest BCUT2D eigenvalue weighted by molar-refractivity contribution is -0.686. The van der Waals surface area contributed by atoms with Gasteiger partial charge in [0.15, 0.2) is 35.7 Å². The van der Waals surface area contributed by atoms with E-state index in [0.29, 0.717) is 19.8 Å². The van der Waals surface area contributed by atoms with Crippen LogP contribution in [0.1, 0.15) is 116 Å². The first-order valence-corrected chi connectivity index (χ1v) is 17.4. The molecule has 244 valence electrons. The van der Waals surface area contributed by atoms with Gasteiger partial charge < -0.3 is 31.4 Å². The number of aryl methyl sites for hydroxylation is 3. The zero-order chi connectivity index (χ0) is 30.4. The first-order chi connectivity index (χ1) is 21.2. The van der Waals surface area contributed by atoms with Gasteiger partial charge in [-0.2, -0.15) is 4.57 Å². The van der Waals surface area contributed by atoms with Crippen LogP contribution in [0.25, 0.3) is 22.0 Å². The fraction of sp³-hybridized carbons (Fsp3) is 0.605. The lowest BCUT2D eigenvalue weighted by atomic mass is 9.90. The minimum absolute atomic E-state index is 0. The summed E-state index contributed by atoms with van der Waals surface area (Å²) in [5.74, 6) is 3.40. The van der Waals surface area contributed by atoms with Gasteiger partial charge in [0.1, 0.15) is 0 Å². The molecule has 1 aliphatic heterocycles. The van der Waals surface area contributed by atoms with E-state index in [4.69, 9.17) is 18.9 Å². The summed E-state index contributed by atoms with van der Waals surface area (Å²) in [4.78, 5) is 0. The lowest BCUT2D eigenvalue weighted by Gasteiger charge is -2.22. The molecule has 0 amide bonds. The van der Waals surface area contributed by atoms with E-state index in [0.717, 1.165) is 60.8 Å². The van der Waals surface area contributed by atoms with Gasteiger partial charge in [-0.1, -0.05) is 78.1 Å². The summed E-state index contributed by atoms with van der Waals surface area (Å²) in [6.07, 6.45) is 18.8. The Hall–Kier alpha value is -2.66. The summed E-state index contributed by atoms with van der Waals surface area (Å²) in [7, 11) is 0. The van der Waals surface area contributed by atoms with E-state index in [1.54, 1.807) is 0 Å². The summed E-state index contributed by atoms with van der Waals surface area (Å²) < 4.78 is 27.1. The molecule has 0 saturated carbocycles. The topological polar surface area (TPSA) is 40.8 Å². The van der Waals surface area contributed by atoms with Gasteiger partial charge in [0.2, 0.25) is 5.69 Å². The quantitative estimate of drug-likeness (QED) is 0.102. The number of ether oxygens (including phenoxy) is 4. The smallest absolute Gasteiger partial charge is 0.216 e. The van der Waals surface area contributed by atoms with E-state index in [1.807, 2.05) is 20.8 Å². The third kappa shape index (κ3) is 8.96. The third-order valence-electron chi connectivity index (χ3n) is 8.64. The summed E-state index contributed by atoms with van der Waals surface area (Å²) in [5, 5.41) is 2.39. The second-order valence-electron chi connectivity index (χ2n) is 11.7. The van der Waals surface area contributed by atoms with E-state index in [1.165, 1.54) is 92.0 Å². The zero-order valence-corrected chi connectivity index (χ0v) is 28.8. The van der Waals surface area contributed by atoms with Crippen LogP contribution in [-0.4, -0.2) is 26.4 Å². The number of fused-ring (bicyclic) bond motifs is 4. The number of hydrogen-bond acceptors (Lipinski definition) is 4. The molecule has 2 heterocycles. The maximum Gasteiger partial charge on any atom is 0.216 e. The molecule has 0 unspecified atom stereocenters. The summed E-state index contributed by atoms with van der Waals surface area (Å²) in [5.41, 5.74) is 5.18. The minimum atomic E-state index is 0. The van der Waals surface area contributed by atoms with Crippen molar-refractivity contribution in [1.29, 1.82) is 0 Å². The van der Waals surface area contributed by atoms with Crippen molar-refractivity contribution in [1.82, 2.24) is 0 Å². The van der Waals surface area contributed by atoms with Crippen molar-refractivity contribution < 1.29 is 35.9 Å². The Labute approximate surface area is 273 Å². The van der Waals surface area contributed by atoms with Gasteiger partial charge >= 0.3 is 0 Å². The van der Waals surface area contributed by atoms with E-state index in [2.05, 4.69) is 48.9 Å². The molecule has 2 aromatic carbocycles. The van der Waals surface area contributed by atoms with Crippen molar-refractivity contribution in [3.05, 3.63) is 41.6 Å². The molecule has 4 rings (SSSR count). The van der Waals surface area contributed by atoms with Crippen molar-refractivity contribution in [3.8, 4) is 34.3 Å². The number of benzene rings is 2. The largest absolute Gasteiger partial charge is 1.00 e. The molecule has 0 fully saturated rings. The Morgan fingerprint density at radius 2 is 1.23 bits per heavy atom. The van der Waals surface area contributed by atoms with Crippen LogP contribution in [0.2, 0.25) is 0 Å². The summed E-state index contributed by atoms with van der Waals surface area (Å²) in [6, 6.07) is 8.71. The number of aromatic nitrogens is 1. The monoisotopic (exact) mass is 625 g/mol. The first-order valence-electron chi connectivity index (χ1n) is 17.4. The van der Waals surface area contributed by atoms with E-state index in [9.17, 15) is 0 Å². The van der Waals surface area contributed by atoms with Gasteiger partial charge in [0, 0.05) is 17.4 Å². The molecule has 0 bridgehead atoms. The Morgan fingerprint density at radius 1 is 0.636 bits per heavy atom. The standard InChI is InChI=1S/C38H56NO4.ClH/c1-6-11-12-13-14-15-16-17-18-19-20-25-43-38-33-28-39-24-23-29-26-35(41-9-4)36(42-10-5)27-32(29)37(39)30(7-2)31(33)21-22-34(38)40-8-3;/h21-22,26-28H,6-20,23-25H2,1-5H3;1H/q+1;/p-1. The molecule has 0 N–H and O–H groups in total. The highest BCUT2D eigenvalue weighted by atomic mass is 35.5. The van der Waals surface area contributed by atoms with Crippen LogP contribution in [-0.2, 0) is 19.4 Å². The van der Waals surface area contributed by atoms with Gasteiger partial charge in [0.05, 0.1) is 37.4 Å². The van der Waals surface area contributed by atoms with Crippen LogP contribution >= 0.6 is 0 Å². The molecule has 3 aromatic rings. The highest BCUT2D eigenvalue weighted by Gasteiger charge is 2.31. The number of hydrogen-bond donors (Lipinski definition) is 0. The fourth-order valence-corrected chi connectivity index (χ4v) is 6.51. The van der Waals surface area contributed by atoms with Crippen molar-refractivity contribution in [2.45, 2.75) is 125 Å². The van der Waals surface area contributed by atoms with Gasteiger partial charge in [-0.3, -0.25) is 0 Å². The van der Waals surface area contributed by atoms with Crippen molar-refractivity contribution in [2.75, 3.05) is 26.4 Å². The number of pyridine rings is 1. The lowest BCUT2D eigenvalue weighted by Crippen LogP contribution is -3.00. The van der Waals surface area contributed by atoms with Gasteiger partial charge in [-0.15, -0.1) is 0 Å². The predicted octanol–water partition coefficient (Wildman–Crippen LogP) is 6.80. The maximum absolute atomic E-state index is 6.56. The Bertz CT molecular complexity index is 1310. The normalized spacial score (nSPS) is 11.9. The van der Waals surface area contributed by atoms with Crippen molar-refractivity contribution in [3.63, 3.8) is 0 Å². The molecular formula is C38H56ClNO4. The van der Waals surface area contributed by atoms with Crippen LogP contribution in [0.15, 0.2) is 30.5 Å². The highest BCUT2D eigenvalue weighted by Crippen LogP contribution is 2.43. The molecule has 0 radical (unpaired) electrons. The molecule has 5 nitrogen and oxygen atoms in total. The van der Waals surface area contributed by atoms with Gasteiger partial charge in [-0.25, -0.2) is 0 Å². The molecule has 1 aromatic heterocycles. The predicted molar refractivity (Wildman–Crippen MR) is 178 cm³/mol. The van der Waals surface area contributed by atoms with Crippen LogP contribution in [0.5, 0.6) is 23.0 Å². The van der Waals surface area contributed by atoms with Crippen molar-refractivity contribution >= 4 is 10.8 Å². The van der Waals surface area contributed by atoms with E-state index >= 15 is 0 Å². The molecule has 0 spiro atoms. The number of unbranched alkanes of at least 4 members (excludes halogenated alkanes) is 10. The maximum atomic E-state index is 6.56. The minimum Gasteiger partial charge on any atom is -1.00 e. The average Bonchev–Trinajstić information content (AvgIpc) is 3.01. The Kier molecular flexibility index (Phi) is 15.5. The number of nitrogens with zero attached hydrogens (tertiary/aromatic N) is 1. The van der Waals surface area contributed by atoms with E-state index in [-0.39, 0.29) is 12.4 Å². The molecular weight excluding hydrogens is 570 g/mol. The molecule has 44 heavy (non-hydrogen) atoms. The average molecular weight is 626 g/mol. The Morgan fingerprint density at radius 3 is 1.84 bits per heavy atom. The molecule has 0 saturated heterocycles. The molecule has 0 atom stereocenters. The van der Waals surface area contributed by atoms with Crippen LogP contribution < -0.4 is 35.9 Å². The molecule has 6 heteroatoms.